The number of aryl methyl sites for hydroxylation is 1. The van der Waals surface area contributed by atoms with Gasteiger partial charge in [0.25, 0.3) is 0 Å². The molecule has 1 aliphatic carbocycles. The van der Waals surface area contributed by atoms with E-state index in [0.29, 0.717) is 18.4 Å². The highest BCUT2D eigenvalue weighted by Crippen LogP contribution is 2.24. The first-order valence-electron chi connectivity index (χ1n) is 7.67. The van der Waals surface area contributed by atoms with E-state index in [1.807, 2.05) is 24.3 Å². The van der Waals surface area contributed by atoms with E-state index in [0.717, 1.165) is 18.7 Å². The predicted molar refractivity (Wildman–Crippen MR) is 81.0 cm³/mol. The van der Waals surface area contributed by atoms with Crippen molar-refractivity contribution >= 4 is 5.91 Å². The van der Waals surface area contributed by atoms with E-state index in [1.54, 1.807) is 7.11 Å². The molecule has 0 atom stereocenters. The standard InChI is InChI=1S/C17H25NO2/c1-3-18(15-6-4-5-7-15)17(19)13-10-14-8-11-16(20-2)12-9-14/h8-9,11-12,15H,3-7,10,13H2,1-2H3. The lowest BCUT2D eigenvalue weighted by atomic mass is 10.1. The molecule has 0 bridgehead atoms. The van der Waals surface area contributed by atoms with Gasteiger partial charge in [-0.1, -0.05) is 25.0 Å². The van der Waals surface area contributed by atoms with Gasteiger partial charge in [-0.05, 0) is 43.9 Å². The Labute approximate surface area is 121 Å². The van der Waals surface area contributed by atoms with Crippen LogP contribution in [-0.4, -0.2) is 30.5 Å². The Morgan fingerprint density at radius 1 is 1.25 bits per heavy atom. The van der Waals surface area contributed by atoms with Crippen molar-refractivity contribution < 1.29 is 9.53 Å². The number of carbonyl (C=O) groups is 1. The van der Waals surface area contributed by atoms with Gasteiger partial charge in [0.15, 0.2) is 0 Å². The summed E-state index contributed by atoms with van der Waals surface area (Å²) in [6.45, 7) is 2.93. The number of rotatable bonds is 6. The van der Waals surface area contributed by atoms with Gasteiger partial charge in [-0.3, -0.25) is 4.79 Å². The van der Waals surface area contributed by atoms with E-state index < -0.39 is 0 Å². The zero-order valence-corrected chi connectivity index (χ0v) is 12.6. The number of ether oxygens (including phenoxy) is 1. The van der Waals surface area contributed by atoms with E-state index in [4.69, 9.17) is 4.74 Å². The molecular weight excluding hydrogens is 250 g/mol. The summed E-state index contributed by atoms with van der Waals surface area (Å²) >= 11 is 0. The van der Waals surface area contributed by atoms with Crippen LogP contribution in [0.3, 0.4) is 0 Å². The Kier molecular flexibility index (Phi) is 5.45. The van der Waals surface area contributed by atoms with Gasteiger partial charge in [-0.15, -0.1) is 0 Å². The highest BCUT2D eigenvalue weighted by molar-refractivity contribution is 5.76. The quantitative estimate of drug-likeness (QED) is 0.796. The maximum atomic E-state index is 12.4. The summed E-state index contributed by atoms with van der Waals surface area (Å²) in [5, 5.41) is 0. The van der Waals surface area contributed by atoms with Crippen LogP contribution in [0.2, 0.25) is 0 Å². The number of carbonyl (C=O) groups excluding carboxylic acids is 1. The second-order valence-electron chi connectivity index (χ2n) is 5.47. The zero-order chi connectivity index (χ0) is 14.4. The van der Waals surface area contributed by atoms with Crippen LogP contribution in [0.15, 0.2) is 24.3 Å². The number of amides is 1. The molecule has 1 amide bonds. The highest BCUT2D eigenvalue weighted by atomic mass is 16.5. The van der Waals surface area contributed by atoms with Gasteiger partial charge in [0, 0.05) is 19.0 Å². The second kappa shape index (κ2) is 7.32. The van der Waals surface area contributed by atoms with Gasteiger partial charge in [0.05, 0.1) is 7.11 Å². The van der Waals surface area contributed by atoms with E-state index in [9.17, 15) is 4.79 Å². The van der Waals surface area contributed by atoms with Gasteiger partial charge >= 0.3 is 0 Å². The fourth-order valence-corrected chi connectivity index (χ4v) is 3.04. The van der Waals surface area contributed by atoms with Gasteiger partial charge in [0.2, 0.25) is 5.91 Å². The normalized spacial score (nSPS) is 15.3. The number of hydrogen-bond donors (Lipinski definition) is 0. The molecule has 110 valence electrons. The van der Waals surface area contributed by atoms with Crippen LogP contribution in [0.25, 0.3) is 0 Å². The van der Waals surface area contributed by atoms with Crippen molar-refractivity contribution in [3.63, 3.8) is 0 Å². The van der Waals surface area contributed by atoms with E-state index >= 15 is 0 Å². The minimum Gasteiger partial charge on any atom is -0.497 e. The average Bonchev–Trinajstić information content (AvgIpc) is 3.00. The molecule has 3 heteroatoms. The van der Waals surface area contributed by atoms with Crippen LogP contribution in [0.4, 0.5) is 0 Å². The molecular formula is C17H25NO2. The Bertz CT molecular complexity index is 421. The first-order chi connectivity index (χ1) is 9.74. The van der Waals surface area contributed by atoms with E-state index in [-0.39, 0.29) is 0 Å². The molecule has 20 heavy (non-hydrogen) atoms. The van der Waals surface area contributed by atoms with Crippen molar-refractivity contribution in [1.82, 2.24) is 4.90 Å². The third-order valence-corrected chi connectivity index (χ3v) is 4.21. The third kappa shape index (κ3) is 3.75. The molecule has 0 aromatic heterocycles. The summed E-state index contributed by atoms with van der Waals surface area (Å²) in [4.78, 5) is 14.4. The molecule has 0 radical (unpaired) electrons. The van der Waals surface area contributed by atoms with Crippen molar-refractivity contribution in [2.75, 3.05) is 13.7 Å². The lowest BCUT2D eigenvalue weighted by Gasteiger charge is -2.27. The molecule has 0 saturated heterocycles. The van der Waals surface area contributed by atoms with Crippen molar-refractivity contribution in [2.24, 2.45) is 0 Å². The predicted octanol–water partition coefficient (Wildman–Crippen LogP) is 3.42. The smallest absolute Gasteiger partial charge is 0.223 e. The topological polar surface area (TPSA) is 29.5 Å². The van der Waals surface area contributed by atoms with Crippen LogP contribution in [0, 0.1) is 0 Å². The minimum atomic E-state index is 0.301. The summed E-state index contributed by atoms with van der Waals surface area (Å²) in [5.41, 5.74) is 1.20. The number of methoxy groups -OCH3 is 1. The number of hydrogen-bond acceptors (Lipinski definition) is 2. The molecule has 1 aromatic rings. The Hall–Kier alpha value is -1.51. The molecule has 1 aliphatic rings. The first kappa shape index (κ1) is 14.9. The summed E-state index contributed by atoms with van der Waals surface area (Å²) in [6, 6.07) is 8.47. The fourth-order valence-electron chi connectivity index (χ4n) is 3.04. The summed E-state index contributed by atoms with van der Waals surface area (Å²) in [5.74, 6) is 1.16. The van der Waals surface area contributed by atoms with Gasteiger partial charge in [-0.2, -0.15) is 0 Å². The van der Waals surface area contributed by atoms with E-state index in [1.165, 1.54) is 31.2 Å². The van der Waals surface area contributed by atoms with Gasteiger partial charge in [0.1, 0.15) is 5.75 Å². The summed E-state index contributed by atoms with van der Waals surface area (Å²) in [7, 11) is 1.67. The molecule has 1 fully saturated rings. The van der Waals surface area contributed by atoms with Crippen LogP contribution >= 0.6 is 0 Å². The lowest BCUT2D eigenvalue weighted by molar-refractivity contribution is -0.133. The molecule has 0 heterocycles. The van der Waals surface area contributed by atoms with E-state index in [2.05, 4.69) is 11.8 Å². The average molecular weight is 275 g/mol. The van der Waals surface area contributed by atoms with Crippen molar-refractivity contribution in [3.8, 4) is 5.75 Å². The molecule has 0 N–H and O–H groups in total. The van der Waals surface area contributed by atoms with Crippen molar-refractivity contribution in [2.45, 2.75) is 51.5 Å². The molecule has 0 spiro atoms. The Balaban J connectivity index is 1.86. The number of benzene rings is 1. The van der Waals surface area contributed by atoms with Gasteiger partial charge in [-0.25, -0.2) is 0 Å². The monoisotopic (exact) mass is 275 g/mol. The molecule has 3 nitrogen and oxygen atoms in total. The molecule has 1 aromatic carbocycles. The second-order valence-corrected chi connectivity index (χ2v) is 5.47. The maximum absolute atomic E-state index is 12.4. The Morgan fingerprint density at radius 2 is 1.90 bits per heavy atom. The molecule has 0 aliphatic heterocycles. The minimum absolute atomic E-state index is 0.301. The van der Waals surface area contributed by atoms with Crippen LogP contribution in [-0.2, 0) is 11.2 Å². The Morgan fingerprint density at radius 3 is 2.45 bits per heavy atom. The van der Waals surface area contributed by atoms with Crippen LogP contribution in [0.1, 0.15) is 44.6 Å². The lowest BCUT2D eigenvalue weighted by Crippen LogP contribution is -2.38. The molecule has 1 saturated carbocycles. The van der Waals surface area contributed by atoms with Crippen molar-refractivity contribution in [3.05, 3.63) is 29.8 Å². The first-order valence-corrected chi connectivity index (χ1v) is 7.67. The van der Waals surface area contributed by atoms with Crippen LogP contribution in [0.5, 0.6) is 5.75 Å². The summed E-state index contributed by atoms with van der Waals surface area (Å²) in [6.07, 6.45) is 6.33. The maximum Gasteiger partial charge on any atom is 0.223 e. The summed E-state index contributed by atoms with van der Waals surface area (Å²) < 4.78 is 5.14. The fraction of sp³-hybridized carbons (Fsp3) is 0.588. The van der Waals surface area contributed by atoms with Gasteiger partial charge < -0.3 is 9.64 Å². The van der Waals surface area contributed by atoms with Crippen molar-refractivity contribution in [1.29, 1.82) is 0 Å². The third-order valence-electron chi connectivity index (χ3n) is 4.21. The molecule has 2 rings (SSSR count). The highest BCUT2D eigenvalue weighted by Gasteiger charge is 2.24. The molecule has 0 unspecified atom stereocenters. The van der Waals surface area contributed by atoms with Crippen LogP contribution < -0.4 is 4.74 Å². The zero-order valence-electron chi connectivity index (χ0n) is 12.6. The SMILES string of the molecule is CCN(C(=O)CCc1ccc(OC)cc1)C1CCCC1. The number of nitrogens with zero attached hydrogens (tertiary/aromatic N) is 1. The largest absolute Gasteiger partial charge is 0.497 e.